The highest BCUT2D eigenvalue weighted by atomic mass is 79.9. The van der Waals surface area contributed by atoms with E-state index in [1.165, 1.54) is 5.56 Å². The van der Waals surface area contributed by atoms with Gasteiger partial charge in [-0.05, 0) is 33.6 Å². The van der Waals surface area contributed by atoms with E-state index < -0.39 is 0 Å². The van der Waals surface area contributed by atoms with Gasteiger partial charge in [0, 0.05) is 25.5 Å². The molecule has 0 amide bonds. The van der Waals surface area contributed by atoms with Gasteiger partial charge >= 0.3 is 0 Å². The molecule has 1 aliphatic rings. The van der Waals surface area contributed by atoms with Crippen LogP contribution in [0.25, 0.3) is 0 Å². The summed E-state index contributed by atoms with van der Waals surface area (Å²) < 4.78 is 11.8. The molecule has 1 aliphatic heterocycles. The van der Waals surface area contributed by atoms with Gasteiger partial charge in [0.2, 0.25) is 0 Å². The summed E-state index contributed by atoms with van der Waals surface area (Å²) in [4.78, 5) is 2.37. The third-order valence-corrected chi connectivity index (χ3v) is 3.98. The van der Waals surface area contributed by atoms with Gasteiger partial charge in [-0.2, -0.15) is 0 Å². The fraction of sp³-hybridized carbons (Fsp3) is 0.538. The highest BCUT2D eigenvalue weighted by Crippen LogP contribution is 2.26. The molecule has 100 valence electrons. The zero-order valence-electron chi connectivity index (χ0n) is 10.4. The molecule has 0 spiro atoms. The van der Waals surface area contributed by atoms with Crippen molar-refractivity contribution in [3.05, 3.63) is 28.2 Å². The number of ether oxygens (including phenoxy) is 2. The van der Waals surface area contributed by atoms with Gasteiger partial charge in [0.05, 0.1) is 24.3 Å². The number of hydrogen-bond donors (Lipinski definition) is 0. The van der Waals surface area contributed by atoms with Crippen molar-refractivity contribution in [1.29, 1.82) is 0 Å². The summed E-state index contributed by atoms with van der Waals surface area (Å²) in [7, 11) is 1.67. The molecule has 0 aliphatic carbocycles. The molecule has 0 bridgehead atoms. The molecule has 0 aromatic heterocycles. The molecule has 0 radical (unpaired) electrons. The Morgan fingerprint density at radius 3 is 3.06 bits per heavy atom. The first-order valence-electron chi connectivity index (χ1n) is 5.95. The summed E-state index contributed by atoms with van der Waals surface area (Å²) in [6.07, 6.45) is 0.155. The second-order valence-electron chi connectivity index (χ2n) is 4.35. The van der Waals surface area contributed by atoms with Gasteiger partial charge in [0.15, 0.2) is 0 Å². The molecule has 1 aromatic rings. The van der Waals surface area contributed by atoms with Crippen LogP contribution in [0, 0.1) is 0 Å². The van der Waals surface area contributed by atoms with Crippen LogP contribution in [-0.2, 0) is 11.3 Å². The average molecular weight is 335 g/mol. The van der Waals surface area contributed by atoms with Crippen molar-refractivity contribution < 1.29 is 9.47 Å². The number of alkyl halides is 1. The number of methoxy groups -OCH3 is 1. The fourth-order valence-electron chi connectivity index (χ4n) is 2.08. The molecular formula is C13H17BrClNO2. The first kappa shape index (κ1) is 14.1. The zero-order chi connectivity index (χ0) is 13.0. The minimum atomic E-state index is 0.155. The lowest BCUT2D eigenvalue weighted by Gasteiger charge is -2.32. The van der Waals surface area contributed by atoms with Crippen LogP contribution < -0.4 is 4.74 Å². The standard InChI is InChI=1S/C13H17BrClNO2/c1-17-13-3-2-10(6-12(13)14)8-16-4-5-18-11(7-15)9-16/h2-3,6,11H,4-5,7-9H2,1H3. The van der Waals surface area contributed by atoms with Crippen molar-refractivity contribution in [3.63, 3.8) is 0 Å². The van der Waals surface area contributed by atoms with Crippen LogP contribution in [0.15, 0.2) is 22.7 Å². The largest absolute Gasteiger partial charge is 0.496 e. The number of nitrogens with zero attached hydrogens (tertiary/aromatic N) is 1. The molecule has 0 N–H and O–H groups in total. The van der Waals surface area contributed by atoms with Crippen LogP contribution in [0.1, 0.15) is 5.56 Å². The first-order chi connectivity index (χ1) is 8.72. The van der Waals surface area contributed by atoms with E-state index in [-0.39, 0.29) is 6.10 Å². The van der Waals surface area contributed by atoms with E-state index in [0.717, 1.165) is 36.5 Å². The third-order valence-electron chi connectivity index (χ3n) is 3.02. The number of rotatable bonds is 4. The number of halogens is 2. The van der Waals surface area contributed by atoms with Gasteiger partial charge in [-0.3, -0.25) is 4.90 Å². The Bertz CT molecular complexity index is 403. The van der Waals surface area contributed by atoms with Crippen LogP contribution in [0.3, 0.4) is 0 Å². The molecule has 1 atom stereocenters. The van der Waals surface area contributed by atoms with E-state index in [1.807, 2.05) is 6.07 Å². The number of hydrogen-bond acceptors (Lipinski definition) is 3. The Labute approximate surface area is 121 Å². The predicted octanol–water partition coefficient (Wildman–Crippen LogP) is 2.90. The van der Waals surface area contributed by atoms with Gasteiger partial charge in [-0.15, -0.1) is 11.6 Å². The lowest BCUT2D eigenvalue weighted by Crippen LogP contribution is -2.42. The van der Waals surface area contributed by atoms with Crippen molar-refractivity contribution >= 4 is 27.5 Å². The normalized spacial score (nSPS) is 20.9. The van der Waals surface area contributed by atoms with Crippen LogP contribution in [0.5, 0.6) is 5.75 Å². The highest BCUT2D eigenvalue weighted by molar-refractivity contribution is 9.10. The maximum Gasteiger partial charge on any atom is 0.133 e. The van der Waals surface area contributed by atoms with Crippen LogP contribution >= 0.6 is 27.5 Å². The molecule has 0 saturated carbocycles. The SMILES string of the molecule is COc1ccc(CN2CCOC(CCl)C2)cc1Br. The predicted molar refractivity (Wildman–Crippen MR) is 76.4 cm³/mol. The van der Waals surface area contributed by atoms with Crippen LogP contribution in [0.2, 0.25) is 0 Å². The summed E-state index contributed by atoms with van der Waals surface area (Å²) in [6.45, 7) is 3.53. The van der Waals surface area contributed by atoms with Crippen molar-refractivity contribution in [3.8, 4) is 5.75 Å². The maximum atomic E-state index is 5.84. The van der Waals surface area contributed by atoms with E-state index in [4.69, 9.17) is 21.1 Å². The van der Waals surface area contributed by atoms with Gasteiger partial charge in [-0.25, -0.2) is 0 Å². The Morgan fingerprint density at radius 1 is 1.56 bits per heavy atom. The Balaban J connectivity index is 1.98. The van der Waals surface area contributed by atoms with Crippen molar-refractivity contribution in [2.24, 2.45) is 0 Å². The number of morpholine rings is 1. The Hall–Kier alpha value is -0.290. The van der Waals surface area contributed by atoms with Gasteiger partial charge in [0.1, 0.15) is 5.75 Å². The first-order valence-corrected chi connectivity index (χ1v) is 7.28. The summed E-state index contributed by atoms with van der Waals surface area (Å²) in [6, 6.07) is 6.18. The number of benzene rings is 1. The van der Waals surface area contributed by atoms with Crippen molar-refractivity contribution in [2.75, 3.05) is 32.7 Å². The summed E-state index contributed by atoms with van der Waals surface area (Å²) in [5.74, 6) is 1.42. The fourth-order valence-corrected chi connectivity index (χ4v) is 2.86. The summed E-state index contributed by atoms with van der Waals surface area (Å²) in [5, 5.41) is 0. The molecule has 1 saturated heterocycles. The van der Waals surface area contributed by atoms with Crippen molar-refractivity contribution in [1.82, 2.24) is 4.90 Å². The molecule has 1 aromatic carbocycles. The Kier molecular flexibility index (Phi) is 5.30. The lowest BCUT2D eigenvalue weighted by atomic mass is 10.2. The van der Waals surface area contributed by atoms with Gasteiger partial charge in [0.25, 0.3) is 0 Å². The average Bonchev–Trinajstić information content (AvgIpc) is 2.39. The molecule has 3 nitrogen and oxygen atoms in total. The van der Waals surface area contributed by atoms with Crippen LogP contribution in [0.4, 0.5) is 0 Å². The molecule has 1 fully saturated rings. The van der Waals surface area contributed by atoms with E-state index >= 15 is 0 Å². The second-order valence-corrected chi connectivity index (χ2v) is 5.51. The zero-order valence-corrected chi connectivity index (χ0v) is 12.7. The third kappa shape index (κ3) is 3.60. The lowest BCUT2D eigenvalue weighted by molar-refractivity contribution is -0.0194. The summed E-state index contributed by atoms with van der Waals surface area (Å²) in [5.41, 5.74) is 1.26. The van der Waals surface area contributed by atoms with E-state index in [2.05, 4.69) is 33.0 Å². The minimum Gasteiger partial charge on any atom is -0.496 e. The quantitative estimate of drug-likeness (QED) is 0.790. The van der Waals surface area contributed by atoms with Gasteiger partial charge < -0.3 is 9.47 Å². The molecular weight excluding hydrogens is 318 g/mol. The summed E-state index contributed by atoms with van der Waals surface area (Å²) >= 11 is 9.35. The topological polar surface area (TPSA) is 21.7 Å². The van der Waals surface area contributed by atoms with Crippen LogP contribution in [-0.4, -0.2) is 43.7 Å². The molecule has 18 heavy (non-hydrogen) atoms. The van der Waals surface area contributed by atoms with Gasteiger partial charge in [-0.1, -0.05) is 6.07 Å². The highest BCUT2D eigenvalue weighted by Gasteiger charge is 2.19. The second kappa shape index (κ2) is 6.75. The van der Waals surface area contributed by atoms with E-state index in [1.54, 1.807) is 7.11 Å². The molecule has 2 rings (SSSR count). The van der Waals surface area contributed by atoms with Crippen molar-refractivity contribution in [2.45, 2.75) is 12.6 Å². The Morgan fingerprint density at radius 2 is 2.39 bits per heavy atom. The molecule has 1 unspecified atom stereocenters. The smallest absolute Gasteiger partial charge is 0.133 e. The minimum absolute atomic E-state index is 0.155. The van der Waals surface area contributed by atoms with E-state index in [9.17, 15) is 0 Å². The maximum absolute atomic E-state index is 5.84. The molecule has 5 heteroatoms. The monoisotopic (exact) mass is 333 g/mol. The molecule has 1 heterocycles. The van der Waals surface area contributed by atoms with E-state index in [0.29, 0.717) is 5.88 Å².